The monoisotopic (exact) mass is 417 g/mol. The number of hydrogen-bond acceptors (Lipinski definition) is 4. The van der Waals surface area contributed by atoms with Gasteiger partial charge in [0.05, 0.1) is 18.4 Å². The Morgan fingerprint density at radius 2 is 1.55 bits per heavy atom. The lowest BCUT2D eigenvalue weighted by atomic mass is 10.0. The van der Waals surface area contributed by atoms with Crippen LogP contribution < -0.4 is 10.1 Å². The molecule has 0 fully saturated rings. The van der Waals surface area contributed by atoms with E-state index in [2.05, 4.69) is 19.2 Å². The molecule has 3 aromatic rings. The van der Waals surface area contributed by atoms with Crippen molar-refractivity contribution in [2.45, 2.75) is 32.8 Å². The van der Waals surface area contributed by atoms with E-state index < -0.39 is 18.0 Å². The maximum atomic E-state index is 13.2. The van der Waals surface area contributed by atoms with Crippen molar-refractivity contribution in [1.82, 2.24) is 0 Å². The maximum absolute atomic E-state index is 13.2. The molecule has 0 aliphatic rings. The number of nitrogens with one attached hydrogen (secondary N) is 1. The van der Waals surface area contributed by atoms with Crippen LogP contribution in [0, 0.1) is 6.92 Å². The van der Waals surface area contributed by atoms with Gasteiger partial charge in [0.1, 0.15) is 5.75 Å². The van der Waals surface area contributed by atoms with Gasteiger partial charge in [0.25, 0.3) is 5.91 Å². The second kappa shape index (κ2) is 9.94. The van der Waals surface area contributed by atoms with Crippen LogP contribution in [0.4, 0.5) is 5.69 Å². The molecule has 0 aliphatic heterocycles. The fourth-order valence-corrected chi connectivity index (χ4v) is 3.20. The van der Waals surface area contributed by atoms with Crippen LogP contribution in [-0.2, 0) is 9.53 Å². The molecule has 0 heterocycles. The van der Waals surface area contributed by atoms with Crippen molar-refractivity contribution < 1.29 is 19.1 Å². The summed E-state index contributed by atoms with van der Waals surface area (Å²) in [6.07, 6.45) is -1.11. The largest absolute Gasteiger partial charge is 0.495 e. The molecule has 0 bridgehead atoms. The molecule has 0 unspecified atom stereocenters. The quantitative estimate of drug-likeness (QED) is 0.504. The zero-order valence-electron chi connectivity index (χ0n) is 18.2. The molecule has 1 N–H and O–H groups in total. The minimum atomic E-state index is -1.11. The summed E-state index contributed by atoms with van der Waals surface area (Å²) in [7, 11) is 1.54. The van der Waals surface area contributed by atoms with Gasteiger partial charge < -0.3 is 14.8 Å². The molecule has 1 atom stereocenters. The summed E-state index contributed by atoms with van der Waals surface area (Å²) in [4.78, 5) is 26.0. The van der Waals surface area contributed by atoms with Crippen LogP contribution in [0.3, 0.4) is 0 Å². The zero-order valence-corrected chi connectivity index (χ0v) is 18.2. The number of anilines is 1. The average molecular weight is 418 g/mol. The number of carbonyl (C=O) groups excluding carboxylic acids is 2. The molecular formula is C26H27NO4. The Morgan fingerprint density at radius 1 is 0.871 bits per heavy atom. The lowest BCUT2D eigenvalue weighted by molar-refractivity contribution is -0.125. The van der Waals surface area contributed by atoms with Crippen molar-refractivity contribution in [2.24, 2.45) is 0 Å². The third kappa shape index (κ3) is 5.51. The summed E-state index contributed by atoms with van der Waals surface area (Å²) in [5.74, 6) is -0.128. The van der Waals surface area contributed by atoms with Gasteiger partial charge in [0.15, 0.2) is 0 Å². The maximum Gasteiger partial charge on any atom is 0.339 e. The van der Waals surface area contributed by atoms with Crippen molar-refractivity contribution in [3.63, 3.8) is 0 Å². The summed E-state index contributed by atoms with van der Waals surface area (Å²) in [6, 6.07) is 21.7. The van der Waals surface area contributed by atoms with E-state index in [-0.39, 0.29) is 0 Å². The Kier molecular flexibility index (Phi) is 7.08. The van der Waals surface area contributed by atoms with Gasteiger partial charge in [-0.15, -0.1) is 0 Å². The van der Waals surface area contributed by atoms with Crippen molar-refractivity contribution in [2.75, 3.05) is 12.4 Å². The first-order valence-corrected chi connectivity index (χ1v) is 10.2. The van der Waals surface area contributed by atoms with Gasteiger partial charge in [-0.3, -0.25) is 4.79 Å². The van der Waals surface area contributed by atoms with Crippen molar-refractivity contribution >= 4 is 17.6 Å². The van der Waals surface area contributed by atoms with Gasteiger partial charge >= 0.3 is 5.97 Å². The molecule has 160 valence electrons. The van der Waals surface area contributed by atoms with Crippen molar-refractivity contribution in [1.29, 1.82) is 0 Å². The summed E-state index contributed by atoms with van der Waals surface area (Å²) < 4.78 is 11.0. The highest BCUT2D eigenvalue weighted by atomic mass is 16.5. The highest BCUT2D eigenvalue weighted by molar-refractivity contribution is 5.99. The van der Waals surface area contributed by atoms with E-state index in [0.717, 1.165) is 11.1 Å². The van der Waals surface area contributed by atoms with Gasteiger partial charge in [-0.2, -0.15) is 0 Å². The average Bonchev–Trinajstić information content (AvgIpc) is 2.78. The molecular weight excluding hydrogens is 390 g/mol. The van der Waals surface area contributed by atoms with Crippen LogP contribution in [0.5, 0.6) is 5.75 Å². The molecule has 5 heteroatoms. The number of ether oxygens (including phenoxy) is 2. The molecule has 3 rings (SSSR count). The molecule has 1 amide bonds. The normalized spacial score (nSPS) is 11.6. The third-order valence-electron chi connectivity index (χ3n) is 4.99. The molecule has 0 saturated heterocycles. The Bertz CT molecular complexity index is 1040. The van der Waals surface area contributed by atoms with Crippen molar-refractivity contribution in [3.05, 3.63) is 95.1 Å². The highest BCUT2D eigenvalue weighted by Crippen LogP contribution is 2.28. The van der Waals surface area contributed by atoms with E-state index in [4.69, 9.17) is 9.47 Å². The number of rotatable bonds is 7. The number of carbonyl (C=O) groups is 2. The lowest BCUT2D eigenvalue weighted by Crippen LogP contribution is -2.26. The molecule has 31 heavy (non-hydrogen) atoms. The fraction of sp³-hybridized carbons (Fsp3) is 0.231. The molecule has 0 saturated carbocycles. The number of methoxy groups -OCH3 is 1. The Balaban J connectivity index is 1.86. The van der Waals surface area contributed by atoms with E-state index in [9.17, 15) is 9.59 Å². The first kappa shape index (κ1) is 22.1. The van der Waals surface area contributed by atoms with Crippen LogP contribution in [0.25, 0.3) is 0 Å². The van der Waals surface area contributed by atoms with E-state index >= 15 is 0 Å². The fourth-order valence-electron chi connectivity index (χ4n) is 3.20. The van der Waals surface area contributed by atoms with Gasteiger partial charge in [-0.25, -0.2) is 4.79 Å². The van der Waals surface area contributed by atoms with E-state index in [1.54, 1.807) is 42.5 Å². The molecule has 3 aromatic carbocycles. The predicted molar refractivity (Wildman–Crippen MR) is 121 cm³/mol. The molecule has 5 nitrogen and oxygen atoms in total. The minimum Gasteiger partial charge on any atom is -0.495 e. The van der Waals surface area contributed by atoms with Gasteiger partial charge in [0, 0.05) is 5.56 Å². The van der Waals surface area contributed by atoms with Crippen LogP contribution in [-0.4, -0.2) is 19.0 Å². The van der Waals surface area contributed by atoms with Crippen molar-refractivity contribution in [3.8, 4) is 5.75 Å². The van der Waals surface area contributed by atoms with Crippen LogP contribution in [0.1, 0.15) is 52.9 Å². The number of aryl methyl sites for hydroxylation is 1. The third-order valence-corrected chi connectivity index (χ3v) is 4.99. The van der Waals surface area contributed by atoms with E-state index in [1.807, 2.05) is 37.3 Å². The Morgan fingerprint density at radius 3 is 2.16 bits per heavy atom. The molecule has 0 spiro atoms. The molecule has 0 radical (unpaired) electrons. The Hall–Kier alpha value is -3.60. The zero-order chi connectivity index (χ0) is 22.4. The lowest BCUT2D eigenvalue weighted by Gasteiger charge is -2.19. The number of benzene rings is 3. The molecule has 0 aromatic heterocycles. The SMILES string of the molecule is COc1ccc(C)cc1NC(=O)[C@H](OC(=O)c1ccc(C(C)C)cc1)c1ccccc1. The predicted octanol–water partition coefficient (Wildman–Crippen LogP) is 5.66. The number of esters is 1. The number of amides is 1. The second-order valence-electron chi connectivity index (χ2n) is 7.67. The summed E-state index contributed by atoms with van der Waals surface area (Å²) in [5, 5.41) is 2.84. The summed E-state index contributed by atoms with van der Waals surface area (Å²) in [6.45, 7) is 6.09. The van der Waals surface area contributed by atoms with Gasteiger partial charge in [0.2, 0.25) is 6.10 Å². The van der Waals surface area contributed by atoms with E-state index in [1.165, 1.54) is 7.11 Å². The van der Waals surface area contributed by atoms with Gasteiger partial charge in [-0.1, -0.05) is 62.4 Å². The smallest absolute Gasteiger partial charge is 0.339 e. The standard InChI is InChI=1S/C26H27NO4/c1-17(2)19-11-13-21(14-12-19)26(29)31-24(20-8-6-5-7-9-20)25(28)27-22-16-18(3)10-15-23(22)30-4/h5-17,24H,1-4H3,(H,27,28)/t24-/m1/s1. The first-order valence-electron chi connectivity index (χ1n) is 10.2. The second-order valence-corrected chi connectivity index (χ2v) is 7.67. The van der Waals surface area contributed by atoms with Crippen LogP contribution >= 0.6 is 0 Å². The topological polar surface area (TPSA) is 64.6 Å². The highest BCUT2D eigenvalue weighted by Gasteiger charge is 2.26. The summed E-state index contributed by atoms with van der Waals surface area (Å²) in [5.41, 5.74) is 3.59. The van der Waals surface area contributed by atoms with Crippen LogP contribution in [0.2, 0.25) is 0 Å². The number of hydrogen-bond donors (Lipinski definition) is 1. The van der Waals surface area contributed by atoms with Gasteiger partial charge in [-0.05, 0) is 48.2 Å². The van der Waals surface area contributed by atoms with E-state index in [0.29, 0.717) is 28.5 Å². The first-order chi connectivity index (χ1) is 14.9. The summed E-state index contributed by atoms with van der Waals surface area (Å²) >= 11 is 0. The van der Waals surface area contributed by atoms with Crippen LogP contribution in [0.15, 0.2) is 72.8 Å². The minimum absolute atomic E-state index is 0.359. The molecule has 0 aliphatic carbocycles. The Labute approximate surface area is 183 Å².